The van der Waals surface area contributed by atoms with E-state index in [1.54, 1.807) is 0 Å². The number of rotatable bonds is 4. The standard InChI is InChI=1S/C15H20N2O/c18-15(10-16-9-12-5-6-12)17-8-7-13-3-1-2-4-14(13)11-17/h1-4,12,16H,5-11H2. The summed E-state index contributed by atoms with van der Waals surface area (Å²) in [6.07, 6.45) is 3.65. The molecule has 3 nitrogen and oxygen atoms in total. The molecular weight excluding hydrogens is 224 g/mol. The maximum Gasteiger partial charge on any atom is 0.236 e. The van der Waals surface area contributed by atoms with Gasteiger partial charge < -0.3 is 10.2 Å². The highest BCUT2D eigenvalue weighted by Crippen LogP contribution is 2.27. The fourth-order valence-electron chi connectivity index (χ4n) is 2.53. The lowest BCUT2D eigenvalue weighted by molar-refractivity contribution is -0.131. The van der Waals surface area contributed by atoms with Crippen LogP contribution in [0.3, 0.4) is 0 Å². The highest BCUT2D eigenvalue weighted by Gasteiger charge is 2.23. The van der Waals surface area contributed by atoms with Gasteiger partial charge in [-0.15, -0.1) is 0 Å². The normalized spacial score (nSPS) is 18.6. The van der Waals surface area contributed by atoms with Gasteiger partial charge in [-0.3, -0.25) is 4.79 Å². The van der Waals surface area contributed by atoms with Crippen LogP contribution in [0.1, 0.15) is 24.0 Å². The molecule has 0 bridgehead atoms. The first-order chi connectivity index (χ1) is 8.83. The monoisotopic (exact) mass is 244 g/mol. The van der Waals surface area contributed by atoms with Gasteiger partial charge in [-0.05, 0) is 42.9 Å². The predicted octanol–water partition coefficient (Wildman–Crippen LogP) is 1.57. The second-order valence-electron chi connectivity index (χ2n) is 5.41. The molecule has 96 valence electrons. The molecule has 1 fully saturated rings. The largest absolute Gasteiger partial charge is 0.337 e. The minimum Gasteiger partial charge on any atom is -0.337 e. The molecule has 1 aliphatic carbocycles. The lowest BCUT2D eigenvalue weighted by Gasteiger charge is -2.29. The first-order valence-corrected chi connectivity index (χ1v) is 6.88. The summed E-state index contributed by atoms with van der Waals surface area (Å²) in [6, 6.07) is 8.43. The van der Waals surface area contributed by atoms with Gasteiger partial charge >= 0.3 is 0 Å². The van der Waals surface area contributed by atoms with E-state index < -0.39 is 0 Å². The van der Waals surface area contributed by atoms with Crippen LogP contribution in [0.5, 0.6) is 0 Å². The minimum absolute atomic E-state index is 0.241. The Morgan fingerprint density at radius 2 is 2.06 bits per heavy atom. The molecule has 1 N–H and O–H groups in total. The average Bonchev–Trinajstić information content (AvgIpc) is 3.22. The first kappa shape index (κ1) is 11.7. The van der Waals surface area contributed by atoms with Crippen molar-refractivity contribution >= 4 is 5.91 Å². The van der Waals surface area contributed by atoms with E-state index in [2.05, 4.69) is 29.6 Å². The zero-order chi connectivity index (χ0) is 12.4. The molecule has 18 heavy (non-hydrogen) atoms. The van der Waals surface area contributed by atoms with Crippen LogP contribution >= 0.6 is 0 Å². The number of carbonyl (C=O) groups excluding carboxylic acids is 1. The Kier molecular flexibility index (Phi) is 3.33. The number of nitrogens with zero attached hydrogens (tertiary/aromatic N) is 1. The summed E-state index contributed by atoms with van der Waals surface area (Å²) >= 11 is 0. The van der Waals surface area contributed by atoms with Crippen molar-refractivity contribution in [2.75, 3.05) is 19.6 Å². The van der Waals surface area contributed by atoms with Gasteiger partial charge in [0.2, 0.25) is 5.91 Å². The molecule has 0 unspecified atom stereocenters. The smallest absolute Gasteiger partial charge is 0.236 e. The van der Waals surface area contributed by atoms with Crippen molar-refractivity contribution in [2.45, 2.75) is 25.8 Å². The van der Waals surface area contributed by atoms with Crippen molar-refractivity contribution in [2.24, 2.45) is 5.92 Å². The van der Waals surface area contributed by atoms with Crippen LogP contribution in [-0.2, 0) is 17.8 Å². The van der Waals surface area contributed by atoms with Crippen molar-refractivity contribution < 1.29 is 4.79 Å². The van der Waals surface area contributed by atoms with E-state index in [1.165, 1.54) is 24.0 Å². The average molecular weight is 244 g/mol. The van der Waals surface area contributed by atoms with Crippen LogP contribution in [0.25, 0.3) is 0 Å². The maximum atomic E-state index is 12.1. The number of nitrogens with one attached hydrogen (secondary N) is 1. The lowest BCUT2D eigenvalue weighted by atomic mass is 10.00. The van der Waals surface area contributed by atoms with Crippen LogP contribution in [-0.4, -0.2) is 30.4 Å². The summed E-state index contributed by atoms with van der Waals surface area (Å²) < 4.78 is 0. The second kappa shape index (κ2) is 5.11. The molecule has 1 aliphatic heterocycles. The predicted molar refractivity (Wildman–Crippen MR) is 71.2 cm³/mol. The van der Waals surface area contributed by atoms with Gasteiger partial charge in [0.05, 0.1) is 6.54 Å². The number of hydrogen-bond acceptors (Lipinski definition) is 2. The van der Waals surface area contributed by atoms with Crippen LogP contribution in [0.4, 0.5) is 0 Å². The molecule has 0 aromatic heterocycles. The van der Waals surface area contributed by atoms with Gasteiger partial charge in [-0.25, -0.2) is 0 Å². The van der Waals surface area contributed by atoms with E-state index >= 15 is 0 Å². The van der Waals surface area contributed by atoms with Crippen molar-refractivity contribution in [3.8, 4) is 0 Å². The van der Waals surface area contributed by atoms with E-state index in [1.807, 2.05) is 4.90 Å². The molecule has 0 spiro atoms. The molecule has 1 amide bonds. The van der Waals surface area contributed by atoms with Gasteiger partial charge in [0.15, 0.2) is 0 Å². The molecule has 1 aromatic carbocycles. The van der Waals surface area contributed by atoms with Crippen molar-refractivity contribution in [3.63, 3.8) is 0 Å². The van der Waals surface area contributed by atoms with Crippen LogP contribution in [0, 0.1) is 5.92 Å². The number of fused-ring (bicyclic) bond motifs is 1. The van der Waals surface area contributed by atoms with E-state index in [0.29, 0.717) is 6.54 Å². The highest BCUT2D eigenvalue weighted by molar-refractivity contribution is 5.78. The van der Waals surface area contributed by atoms with Crippen LogP contribution < -0.4 is 5.32 Å². The van der Waals surface area contributed by atoms with Gasteiger partial charge in [-0.2, -0.15) is 0 Å². The van der Waals surface area contributed by atoms with Crippen LogP contribution in [0.2, 0.25) is 0 Å². The zero-order valence-corrected chi connectivity index (χ0v) is 10.7. The molecule has 2 aliphatic rings. The first-order valence-electron chi connectivity index (χ1n) is 6.88. The van der Waals surface area contributed by atoms with Gasteiger partial charge in [0.25, 0.3) is 0 Å². The summed E-state index contributed by atoms with van der Waals surface area (Å²) in [5.74, 6) is 1.07. The SMILES string of the molecule is O=C(CNCC1CC1)N1CCc2ccccc2C1. The Morgan fingerprint density at radius 3 is 2.83 bits per heavy atom. The van der Waals surface area contributed by atoms with Crippen molar-refractivity contribution in [3.05, 3.63) is 35.4 Å². The Labute approximate surface area is 108 Å². The van der Waals surface area contributed by atoms with E-state index in [0.717, 1.165) is 32.0 Å². The third-order valence-electron chi connectivity index (χ3n) is 3.89. The van der Waals surface area contributed by atoms with Gasteiger partial charge in [-0.1, -0.05) is 24.3 Å². The summed E-state index contributed by atoms with van der Waals surface area (Å²) in [5, 5.41) is 3.28. The van der Waals surface area contributed by atoms with Gasteiger partial charge in [0.1, 0.15) is 0 Å². The summed E-state index contributed by atoms with van der Waals surface area (Å²) in [6.45, 7) is 3.15. The van der Waals surface area contributed by atoms with E-state index in [9.17, 15) is 4.79 Å². The Bertz CT molecular complexity index is 440. The molecule has 0 atom stereocenters. The topological polar surface area (TPSA) is 32.3 Å². The molecule has 3 rings (SSSR count). The Morgan fingerprint density at radius 1 is 1.28 bits per heavy atom. The maximum absolute atomic E-state index is 12.1. The molecule has 0 radical (unpaired) electrons. The van der Waals surface area contributed by atoms with Crippen LogP contribution in [0.15, 0.2) is 24.3 Å². The lowest BCUT2D eigenvalue weighted by Crippen LogP contribution is -2.41. The highest BCUT2D eigenvalue weighted by atomic mass is 16.2. The molecule has 3 heteroatoms. The third kappa shape index (κ3) is 2.72. The molecule has 1 aromatic rings. The summed E-state index contributed by atoms with van der Waals surface area (Å²) in [4.78, 5) is 14.0. The fraction of sp³-hybridized carbons (Fsp3) is 0.533. The number of benzene rings is 1. The zero-order valence-electron chi connectivity index (χ0n) is 10.7. The second-order valence-corrected chi connectivity index (χ2v) is 5.41. The van der Waals surface area contributed by atoms with E-state index in [4.69, 9.17) is 0 Å². The molecule has 0 saturated heterocycles. The molecule has 1 saturated carbocycles. The number of amides is 1. The molecular formula is C15H20N2O. The molecule has 1 heterocycles. The van der Waals surface area contributed by atoms with E-state index in [-0.39, 0.29) is 5.91 Å². The van der Waals surface area contributed by atoms with Crippen molar-refractivity contribution in [1.82, 2.24) is 10.2 Å². The number of hydrogen-bond donors (Lipinski definition) is 1. The minimum atomic E-state index is 0.241. The van der Waals surface area contributed by atoms with Gasteiger partial charge in [0, 0.05) is 13.1 Å². The van der Waals surface area contributed by atoms with Crippen molar-refractivity contribution in [1.29, 1.82) is 0 Å². The fourth-order valence-corrected chi connectivity index (χ4v) is 2.53. The number of carbonyl (C=O) groups is 1. The summed E-state index contributed by atoms with van der Waals surface area (Å²) in [7, 11) is 0. The quantitative estimate of drug-likeness (QED) is 0.872. The third-order valence-corrected chi connectivity index (χ3v) is 3.89. The Hall–Kier alpha value is -1.35. The summed E-state index contributed by atoms with van der Waals surface area (Å²) in [5.41, 5.74) is 2.70. The Balaban J connectivity index is 1.52.